The molecule has 0 fully saturated rings. The van der Waals surface area contributed by atoms with E-state index in [2.05, 4.69) is 0 Å². The van der Waals surface area contributed by atoms with Crippen LogP contribution in [0.4, 0.5) is 0 Å². The second-order valence-corrected chi connectivity index (χ2v) is 2.84. The van der Waals surface area contributed by atoms with Crippen LogP contribution in [0.5, 0.6) is 0 Å². The van der Waals surface area contributed by atoms with Gasteiger partial charge in [0.05, 0.1) is 21.1 Å². The predicted octanol–water partition coefficient (Wildman–Crippen LogP) is -0.669. The largest absolute Gasteiger partial charge is 0.550 e. The van der Waals surface area contributed by atoms with Crippen molar-refractivity contribution in [1.82, 2.24) is 0 Å². The molecule has 0 atom stereocenters. The van der Waals surface area contributed by atoms with Gasteiger partial charge in [0.25, 0.3) is 0 Å². The highest BCUT2D eigenvalue weighted by Crippen LogP contribution is 1.65. The van der Waals surface area contributed by atoms with Crippen LogP contribution >= 0.6 is 24.0 Å². The van der Waals surface area contributed by atoms with Gasteiger partial charge in [0.2, 0.25) is 0 Å². The van der Waals surface area contributed by atoms with E-state index < -0.39 is 5.97 Å². The standard InChI is InChI=1S/C3H11N2.C3H6O2.HI/c1-5(2,3)4;1-2-3(4)5;/h4H2,1-3H3;2H2,1H3,(H,4,5);1H/q+1;;/p-1. The van der Waals surface area contributed by atoms with Crippen LogP contribution in [0.3, 0.4) is 0 Å². The third-order valence-electron chi connectivity index (χ3n) is 0.289. The van der Waals surface area contributed by atoms with E-state index >= 15 is 0 Å². The van der Waals surface area contributed by atoms with E-state index in [0.717, 1.165) is 0 Å². The van der Waals surface area contributed by atoms with Crippen molar-refractivity contribution >= 4 is 29.9 Å². The third-order valence-corrected chi connectivity index (χ3v) is 0.289. The number of quaternary nitrogens is 1. The minimum absolute atomic E-state index is 0. The molecule has 4 nitrogen and oxygen atoms in total. The molecule has 0 spiro atoms. The molecule has 0 saturated heterocycles. The van der Waals surface area contributed by atoms with Crippen LogP contribution in [0.25, 0.3) is 0 Å². The molecule has 0 radical (unpaired) electrons. The van der Waals surface area contributed by atoms with Crippen molar-refractivity contribution in [3.05, 3.63) is 0 Å². The molecule has 0 aliphatic heterocycles. The maximum absolute atomic E-state index is 9.26. The van der Waals surface area contributed by atoms with Crippen molar-refractivity contribution in [2.24, 2.45) is 5.84 Å². The summed E-state index contributed by atoms with van der Waals surface area (Å²) < 4.78 is 0.500. The van der Waals surface area contributed by atoms with E-state index in [4.69, 9.17) is 5.84 Å². The average Bonchev–Trinajstić information content (AvgIpc) is 1.61. The third kappa shape index (κ3) is 148. The summed E-state index contributed by atoms with van der Waals surface area (Å²) >= 11 is 0. The number of nitrogens with zero attached hydrogens (tertiary/aromatic N) is 1. The predicted molar refractivity (Wildman–Crippen MR) is 52.9 cm³/mol. The van der Waals surface area contributed by atoms with E-state index in [1.54, 1.807) is 0 Å². The first-order valence-electron chi connectivity index (χ1n) is 3.07. The Kier molecular flexibility index (Phi) is 12.9. The highest BCUT2D eigenvalue weighted by atomic mass is 127. The summed E-state index contributed by atoms with van der Waals surface area (Å²) in [5, 5.41) is 9.26. The fraction of sp³-hybridized carbons (Fsp3) is 0.833. The first-order chi connectivity index (χ1) is 4.27. The molecule has 0 saturated carbocycles. The summed E-state index contributed by atoms with van der Waals surface area (Å²) in [6.07, 6.45) is 0.111. The van der Waals surface area contributed by atoms with Gasteiger partial charge in [-0.3, -0.25) is 4.59 Å². The van der Waals surface area contributed by atoms with Crippen LogP contribution in [0.2, 0.25) is 0 Å². The van der Waals surface area contributed by atoms with E-state index in [9.17, 15) is 9.90 Å². The highest BCUT2D eigenvalue weighted by Gasteiger charge is 1.89. The van der Waals surface area contributed by atoms with Gasteiger partial charge >= 0.3 is 0 Å². The number of carbonyl (C=O) groups is 1. The Labute approximate surface area is 84.9 Å². The summed E-state index contributed by atoms with van der Waals surface area (Å²) in [6.45, 7) is 1.54. The first kappa shape index (κ1) is 17.3. The maximum atomic E-state index is 9.26. The molecule has 11 heavy (non-hydrogen) atoms. The van der Waals surface area contributed by atoms with E-state index in [1.165, 1.54) is 6.92 Å². The Morgan fingerprint density at radius 3 is 1.55 bits per heavy atom. The lowest BCUT2D eigenvalue weighted by Gasteiger charge is -2.12. The van der Waals surface area contributed by atoms with Gasteiger partial charge in [-0.1, -0.05) is 6.92 Å². The number of hydrogen-bond donors (Lipinski definition) is 1. The van der Waals surface area contributed by atoms with Crippen molar-refractivity contribution < 1.29 is 14.5 Å². The lowest BCUT2D eigenvalue weighted by Crippen LogP contribution is -2.41. The van der Waals surface area contributed by atoms with Crippen LogP contribution in [-0.2, 0) is 4.79 Å². The van der Waals surface area contributed by atoms with E-state index in [0.29, 0.717) is 4.59 Å². The molecule has 0 aromatic carbocycles. The summed E-state index contributed by atoms with van der Waals surface area (Å²) in [7, 11) is 5.71. The van der Waals surface area contributed by atoms with Gasteiger partial charge in [-0.2, -0.15) is 5.84 Å². The molecule has 70 valence electrons. The smallest absolute Gasteiger partial charge is 0.0851 e. The molecule has 5 heteroatoms. The van der Waals surface area contributed by atoms with Gasteiger partial charge in [-0.25, -0.2) is 0 Å². The Morgan fingerprint density at radius 2 is 1.55 bits per heavy atom. The van der Waals surface area contributed by atoms with Crippen molar-refractivity contribution in [3.63, 3.8) is 0 Å². The van der Waals surface area contributed by atoms with Crippen LogP contribution < -0.4 is 10.9 Å². The van der Waals surface area contributed by atoms with Gasteiger partial charge in [0.1, 0.15) is 0 Å². The van der Waals surface area contributed by atoms with Crippen molar-refractivity contribution in [2.75, 3.05) is 21.1 Å². The summed E-state index contributed by atoms with van der Waals surface area (Å²) in [5.41, 5.74) is 0. The fourth-order valence-electron chi connectivity index (χ4n) is 0. The molecular weight excluding hydrogens is 259 g/mol. The van der Waals surface area contributed by atoms with Crippen LogP contribution in [0.1, 0.15) is 13.3 Å². The number of halogens is 1. The van der Waals surface area contributed by atoms with Gasteiger partial charge in [0, 0.05) is 5.97 Å². The zero-order valence-corrected chi connectivity index (χ0v) is 9.79. The Balaban J connectivity index is -0.000000107. The van der Waals surface area contributed by atoms with Crippen LogP contribution in [0.15, 0.2) is 0 Å². The minimum Gasteiger partial charge on any atom is -0.550 e. The molecule has 0 aromatic rings. The molecular formula is C6H17IN2O2. The van der Waals surface area contributed by atoms with Crippen LogP contribution in [0, 0.1) is 0 Å². The zero-order valence-electron chi connectivity index (χ0n) is 7.46. The number of carboxylic acids is 1. The number of rotatable bonds is 1. The fourth-order valence-corrected chi connectivity index (χ4v) is 0. The molecule has 2 N–H and O–H groups in total. The quantitative estimate of drug-likeness (QED) is 0.299. The molecule has 0 unspecified atom stereocenters. The molecule has 0 amide bonds. The SMILES string of the molecule is CCC(=O)[O-].C[N+](C)(C)N.I. The van der Waals surface area contributed by atoms with Crippen LogP contribution in [-0.4, -0.2) is 31.7 Å². The molecule has 0 aliphatic rings. The molecule has 0 aromatic heterocycles. The number of carbonyl (C=O) groups excluding carboxylic acids is 1. The van der Waals surface area contributed by atoms with Crippen molar-refractivity contribution in [2.45, 2.75) is 13.3 Å². The number of nitrogens with two attached hydrogens (primary N) is 1. The minimum atomic E-state index is -0.995. The first-order valence-corrected chi connectivity index (χ1v) is 3.07. The number of hydrogen-bond acceptors (Lipinski definition) is 3. The zero-order chi connectivity index (χ0) is 8.78. The normalized spacial score (nSPS) is 8.82. The Hall–Kier alpha value is 0.120. The monoisotopic (exact) mass is 276 g/mol. The summed E-state index contributed by atoms with van der Waals surface area (Å²) in [6, 6.07) is 0. The second kappa shape index (κ2) is 8.22. The average molecular weight is 276 g/mol. The molecule has 0 bridgehead atoms. The van der Waals surface area contributed by atoms with E-state index in [-0.39, 0.29) is 30.4 Å². The van der Waals surface area contributed by atoms with Crippen molar-refractivity contribution in [3.8, 4) is 0 Å². The highest BCUT2D eigenvalue weighted by molar-refractivity contribution is 14.0. The van der Waals surface area contributed by atoms with E-state index in [1.807, 2.05) is 21.1 Å². The number of carboxylic acid groups (broad SMARTS) is 1. The summed E-state index contributed by atoms with van der Waals surface area (Å²) in [4.78, 5) is 9.26. The maximum Gasteiger partial charge on any atom is 0.0851 e. The number of aliphatic carboxylic acids is 1. The van der Waals surface area contributed by atoms with Crippen molar-refractivity contribution in [1.29, 1.82) is 0 Å². The topological polar surface area (TPSA) is 66.1 Å². The Bertz CT molecular complexity index is 95.2. The molecule has 0 rings (SSSR count). The van der Waals surface area contributed by atoms with Gasteiger partial charge in [-0.15, -0.1) is 24.0 Å². The second-order valence-electron chi connectivity index (χ2n) is 2.84. The van der Waals surface area contributed by atoms with Gasteiger partial charge < -0.3 is 9.90 Å². The lowest BCUT2D eigenvalue weighted by atomic mass is 10.5. The molecule has 0 heterocycles. The van der Waals surface area contributed by atoms with Gasteiger partial charge in [0.15, 0.2) is 0 Å². The van der Waals surface area contributed by atoms with Gasteiger partial charge in [-0.05, 0) is 6.42 Å². The lowest BCUT2D eigenvalue weighted by molar-refractivity contribution is -0.882. The summed E-state index contributed by atoms with van der Waals surface area (Å²) in [5.74, 6) is 4.30. The molecule has 0 aliphatic carbocycles. The Morgan fingerprint density at radius 1 is 1.45 bits per heavy atom.